The van der Waals surface area contributed by atoms with E-state index >= 15 is 0 Å². The van der Waals surface area contributed by atoms with Gasteiger partial charge in [-0.1, -0.05) is 30.3 Å². The third-order valence-electron chi connectivity index (χ3n) is 2.36. The van der Waals surface area contributed by atoms with E-state index in [1.807, 2.05) is 30.3 Å². The van der Waals surface area contributed by atoms with Crippen LogP contribution in [0.1, 0.15) is 5.56 Å². The Hall–Kier alpha value is -1.83. The molecule has 0 aromatic heterocycles. The third-order valence-corrected chi connectivity index (χ3v) is 2.36. The van der Waals surface area contributed by atoms with E-state index in [9.17, 15) is 4.79 Å². The molecule has 0 saturated carbocycles. The molecule has 0 aliphatic rings. The molecule has 1 amide bonds. The topological polar surface area (TPSA) is 29.1 Å². The van der Waals surface area contributed by atoms with Crippen molar-refractivity contribution in [2.75, 3.05) is 5.32 Å². The molecule has 0 saturated heterocycles. The Morgan fingerprint density at radius 1 is 1.07 bits per heavy atom. The SMILES string of the molecule is Cc1ccc(NC=O)c2ccccc12. The predicted octanol–water partition coefficient (Wildman–Crippen LogP) is 2.72. The van der Waals surface area contributed by atoms with Gasteiger partial charge in [0.1, 0.15) is 0 Å². The second-order valence-electron chi connectivity index (χ2n) is 3.24. The number of rotatable bonds is 2. The minimum Gasteiger partial charge on any atom is -0.328 e. The molecule has 2 aromatic rings. The van der Waals surface area contributed by atoms with Crippen LogP contribution < -0.4 is 5.32 Å². The predicted molar refractivity (Wildman–Crippen MR) is 58.4 cm³/mol. The van der Waals surface area contributed by atoms with Gasteiger partial charge in [-0.2, -0.15) is 0 Å². The molecule has 0 aliphatic carbocycles. The highest BCUT2D eigenvalue weighted by Gasteiger charge is 2.00. The van der Waals surface area contributed by atoms with Crippen LogP contribution in [0, 0.1) is 6.92 Å². The van der Waals surface area contributed by atoms with Gasteiger partial charge in [0, 0.05) is 11.1 Å². The second kappa shape index (κ2) is 3.50. The fraction of sp³-hybridized carbons (Fsp3) is 0.0833. The molecule has 0 atom stereocenters. The van der Waals surface area contributed by atoms with Gasteiger partial charge < -0.3 is 5.32 Å². The lowest BCUT2D eigenvalue weighted by Crippen LogP contribution is -1.94. The molecule has 0 spiro atoms. The summed E-state index contributed by atoms with van der Waals surface area (Å²) in [5.41, 5.74) is 2.08. The zero-order valence-electron chi connectivity index (χ0n) is 7.95. The third kappa shape index (κ3) is 1.35. The zero-order chi connectivity index (χ0) is 9.97. The molecular formula is C12H11NO. The average Bonchev–Trinajstić information content (AvgIpc) is 2.23. The summed E-state index contributed by atoms with van der Waals surface area (Å²) in [7, 11) is 0. The van der Waals surface area contributed by atoms with Gasteiger partial charge in [-0.15, -0.1) is 0 Å². The summed E-state index contributed by atoms with van der Waals surface area (Å²) in [5, 5.41) is 4.96. The van der Waals surface area contributed by atoms with Crippen LogP contribution in [0.25, 0.3) is 10.8 Å². The minimum absolute atomic E-state index is 0.705. The maximum atomic E-state index is 10.4. The summed E-state index contributed by atoms with van der Waals surface area (Å²) in [6.45, 7) is 2.06. The van der Waals surface area contributed by atoms with Gasteiger partial charge in [0.15, 0.2) is 0 Å². The molecule has 2 heteroatoms. The number of aryl methyl sites for hydroxylation is 1. The van der Waals surface area contributed by atoms with E-state index in [0.29, 0.717) is 6.41 Å². The number of amides is 1. The van der Waals surface area contributed by atoms with Crippen molar-refractivity contribution < 1.29 is 4.79 Å². The van der Waals surface area contributed by atoms with Crippen molar-refractivity contribution in [3.8, 4) is 0 Å². The van der Waals surface area contributed by atoms with E-state index in [1.165, 1.54) is 10.9 Å². The number of carbonyl (C=O) groups excluding carboxylic acids is 1. The fourth-order valence-corrected chi connectivity index (χ4v) is 1.64. The van der Waals surface area contributed by atoms with Crippen LogP contribution in [0.2, 0.25) is 0 Å². The van der Waals surface area contributed by atoms with Crippen LogP contribution in [0.15, 0.2) is 36.4 Å². The van der Waals surface area contributed by atoms with E-state index < -0.39 is 0 Å². The van der Waals surface area contributed by atoms with Gasteiger partial charge in [-0.05, 0) is 23.9 Å². The van der Waals surface area contributed by atoms with Gasteiger partial charge in [0.25, 0.3) is 0 Å². The maximum absolute atomic E-state index is 10.4. The van der Waals surface area contributed by atoms with Gasteiger partial charge in [-0.3, -0.25) is 4.79 Å². The van der Waals surface area contributed by atoms with Crippen molar-refractivity contribution in [2.45, 2.75) is 6.92 Å². The Bertz CT molecular complexity index is 477. The molecule has 2 rings (SSSR count). The largest absolute Gasteiger partial charge is 0.328 e. The Kier molecular flexibility index (Phi) is 2.19. The van der Waals surface area contributed by atoms with Crippen LogP contribution in [-0.4, -0.2) is 6.41 Å². The smallest absolute Gasteiger partial charge is 0.211 e. The fourth-order valence-electron chi connectivity index (χ4n) is 1.64. The number of fused-ring (bicyclic) bond motifs is 1. The molecule has 0 bridgehead atoms. The first-order valence-corrected chi connectivity index (χ1v) is 4.51. The van der Waals surface area contributed by atoms with Crippen molar-refractivity contribution in [3.63, 3.8) is 0 Å². The molecule has 0 heterocycles. The monoisotopic (exact) mass is 185 g/mol. The Morgan fingerprint density at radius 2 is 1.79 bits per heavy atom. The molecule has 2 nitrogen and oxygen atoms in total. The van der Waals surface area contributed by atoms with Gasteiger partial charge >= 0.3 is 0 Å². The van der Waals surface area contributed by atoms with E-state index in [1.54, 1.807) is 0 Å². The standard InChI is InChI=1S/C12H11NO/c1-9-6-7-12(13-8-14)11-5-3-2-4-10(9)11/h2-8H,1H3,(H,13,14). The molecule has 0 aliphatic heterocycles. The Labute approximate surface area is 82.6 Å². The highest BCUT2D eigenvalue weighted by molar-refractivity contribution is 5.98. The summed E-state index contributed by atoms with van der Waals surface area (Å²) >= 11 is 0. The first-order chi connectivity index (χ1) is 6.83. The highest BCUT2D eigenvalue weighted by Crippen LogP contribution is 2.25. The summed E-state index contributed by atoms with van der Waals surface area (Å²) in [6.07, 6.45) is 0.705. The summed E-state index contributed by atoms with van der Waals surface area (Å²) < 4.78 is 0. The summed E-state index contributed by atoms with van der Waals surface area (Å²) in [4.78, 5) is 10.4. The maximum Gasteiger partial charge on any atom is 0.211 e. The van der Waals surface area contributed by atoms with Crippen LogP contribution in [0.3, 0.4) is 0 Å². The number of hydrogen-bond donors (Lipinski definition) is 1. The Morgan fingerprint density at radius 3 is 2.50 bits per heavy atom. The number of nitrogens with one attached hydrogen (secondary N) is 1. The normalized spacial score (nSPS) is 10.1. The van der Waals surface area contributed by atoms with E-state index in [0.717, 1.165) is 11.1 Å². The number of anilines is 1. The molecule has 2 aromatic carbocycles. The summed E-state index contributed by atoms with van der Waals surface area (Å²) in [6, 6.07) is 12.0. The molecule has 14 heavy (non-hydrogen) atoms. The number of hydrogen-bond acceptors (Lipinski definition) is 1. The zero-order valence-corrected chi connectivity index (χ0v) is 7.95. The number of benzene rings is 2. The van der Waals surface area contributed by atoms with Crippen LogP contribution >= 0.6 is 0 Å². The molecular weight excluding hydrogens is 174 g/mol. The molecule has 0 unspecified atom stereocenters. The number of carbonyl (C=O) groups is 1. The van der Waals surface area contributed by atoms with Gasteiger partial charge in [0.2, 0.25) is 6.41 Å². The van der Waals surface area contributed by atoms with Crippen molar-refractivity contribution in [1.82, 2.24) is 0 Å². The lowest BCUT2D eigenvalue weighted by molar-refractivity contribution is -0.105. The van der Waals surface area contributed by atoms with Crippen LogP contribution in [0.4, 0.5) is 5.69 Å². The quantitative estimate of drug-likeness (QED) is 0.716. The Balaban J connectivity index is 2.74. The lowest BCUT2D eigenvalue weighted by Gasteiger charge is -2.06. The van der Waals surface area contributed by atoms with Crippen molar-refractivity contribution in [1.29, 1.82) is 0 Å². The lowest BCUT2D eigenvalue weighted by atomic mass is 10.0. The van der Waals surface area contributed by atoms with E-state index in [2.05, 4.69) is 18.3 Å². The minimum atomic E-state index is 0.705. The van der Waals surface area contributed by atoms with Crippen molar-refractivity contribution in [3.05, 3.63) is 42.0 Å². The first kappa shape index (κ1) is 8.75. The van der Waals surface area contributed by atoms with Crippen molar-refractivity contribution >= 4 is 22.9 Å². The molecule has 0 radical (unpaired) electrons. The van der Waals surface area contributed by atoms with Gasteiger partial charge in [0.05, 0.1) is 0 Å². The van der Waals surface area contributed by atoms with E-state index in [4.69, 9.17) is 0 Å². The summed E-state index contributed by atoms with van der Waals surface area (Å²) in [5.74, 6) is 0. The van der Waals surface area contributed by atoms with Crippen LogP contribution in [0.5, 0.6) is 0 Å². The second-order valence-corrected chi connectivity index (χ2v) is 3.24. The first-order valence-electron chi connectivity index (χ1n) is 4.51. The van der Waals surface area contributed by atoms with Crippen molar-refractivity contribution in [2.24, 2.45) is 0 Å². The van der Waals surface area contributed by atoms with Crippen LogP contribution in [-0.2, 0) is 4.79 Å². The van der Waals surface area contributed by atoms with E-state index in [-0.39, 0.29) is 0 Å². The van der Waals surface area contributed by atoms with Gasteiger partial charge in [-0.25, -0.2) is 0 Å². The highest BCUT2D eigenvalue weighted by atomic mass is 16.1. The molecule has 0 fully saturated rings. The molecule has 70 valence electrons. The average molecular weight is 185 g/mol. The molecule has 1 N–H and O–H groups in total.